The summed E-state index contributed by atoms with van der Waals surface area (Å²) in [7, 11) is 1.58. The fraction of sp³-hybridized carbons (Fsp3) is 0.130. The molecule has 3 aromatic rings. The monoisotopic (exact) mass is 481 g/mol. The number of hydrogen-bond acceptors (Lipinski definition) is 4. The Morgan fingerprint density at radius 3 is 2.52 bits per heavy atom. The van der Waals surface area contributed by atoms with Gasteiger partial charge >= 0.3 is 6.03 Å². The molecule has 0 saturated heterocycles. The molecule has 1 atom stereocenters. The van der Waals surface area contributed by atoms with E-state index in [1.165, 1.54) is 0 Å². The summed E-state index contributed by atoms with van der Waals surface area (Å²) in [6.07, 6.45) is 0. The predicted molar refractivity (Wildman–Crippen MR) is 121 cm³/mol. The quantitative estimate of drug-likeness (QED) is 0.514. The Kier molecular flexibility index (Phi) is 5.67. The van der Waals surface area contributed by atoms with Crippen LogP contribution >= 0.6 is 15.9 Å². The van der Waals surface area contributed by atoms with Gasteiger partial charge in [0, 0.05) is 22.3 Å². The van der Waals surface area contributed by atoms with Crippen LogP contribution in [-0.4, -0.2) is 24.2 Å². The number of rotatable bonds is 5. The van der Waals surface area contributed by atoms with Crippen LogP contribution in [0.1, 0.15) is 11.1 Å². The van der Waals surface area contributed by atoms with Crippen LogP contribution in [0.4, 0.5) is 16.2 Å². The van der Waals surface area contributed by atoms with Crippen molar-refractivity contribution in [2.24, 2.45) is 0 Å². The van der Waals surface area contributed by atoms with E-state index in [9.17, 15) is 14.7 Å². The SMILES string of the molecule is COc1ccc(CNC(=O)[C@]2(O)c3cc(Br)ccc3NC(=O)N2c2ccccc2)cc1. The minimum atomic E-state index is -2.25. The zero-order valence-corrected chi connectivity index (χ0v) is 18.2. The number of aliphatic hydroxyl groups is 1. The maximum Gasteiger partial charge on any atom is 0.329 e. The van der Waals surface area contributed by atoms with Crippen LogP contribution in [-0.2, 0) is 17.1 Å². The van der Waals surface area contributed by atoms with Gasteiger partial charge in [-0.2, -0.15) is 0 Å². The molecular weight excluding hydrogens is 462 g/mol. The van der Waals surface area contributed by atoms with Gasteiger partial charge in [0.2, 0.25) is 0 Å². The molecule has 3 amide bonds. The normalized spacial score (nSPS) is 17.5. The first-order chi connectivity index (χ1) is 14.9. The lowest BCUT2D eigenvalue weighted by molar-refractivity contribution is -0.140. The molecule has 0 spiro atoms. The first-order valence-corrected chi connectivity index (χ1v) is 10.3. The number of urea groups is 1. The van der Waals surface area contributed by atoms with Gasteiger partial charge in [-0.3, -0.25) is 9.69 Å². The van der Waals surface area contributed by atoms with Gasteiger partial charge in [0.1, 0.15) is 5.75 Å². The highest BCUT2D eigenvalue weighted by Gasteiger charge is 2.52. The molecule has 0 bridgehead atoms. The molecule has 0 unspecified atom stereocenters. The topological polar surface area (TPSA) is 90.9 Å². The van der Waals surface area contributed by atoms with Gasteiger partial charge < -0.3 is 20.5 Å². The van der Waals surface area contributed by atoms with Gasteiger partial charge in [0.15, 0.2) is 0 Å². The van der Waals surface area contributed by atoms with Crippen LogP contribution < -0.4 is 20.3 Å². The van der Waals surface area contributed by atoms with Gasteiger partial charge in [-0.25, -0.2) is 4.79 Å². The maximum absolute atomic E-state index is 13.4. The summed E-state index contributed by atoms with van der Waals surface area (Å²) in [6, 6.07) is 20.2. The third-order valence-electron chi connectivity index (χ3n) is 5.07. The lowest BCUT2D eigenvalue weighted by Crippen LogP contribution is -2.62. The second-order valence-corrected chi connectivity index (χ2v) is 7.91. The van der Waals surface area contributed by atoms with Crippen molar-refractivity contribution >= 4 is 39.2 Å². The van der Waals surface area contributed by atoms with Crippen molar-refractivity contribution in [2.75, 3.05) is 17.3 Å². The average Bonchev–Trinajstić information content (AvgIpc) is 2.79. The molecule has 8 heteroatoms. The number of fused-ring (bicyclic) bond motifs is 1. The molecule has 0 fully saturated rings. The lowest BCUT2D eigenvalue weighted by Gasteiger charge is -2.42. The second-order valence-electron chi connectivity index (χ2n) is 6.99. The number of amides is 3. The predicted octanol–water partition coefficient (Wildman–Crippen LogP) is 3.97. The molecule has 4 rings (SSSR count). The van der Waals surface area contributed by atoms with Crippen LogP contribution in [0.15, 0.2) is 77.3 Å². The van der Waals surface area contributed by atoms with Crippen molar-refractivity contribution in [3.8, 4) is 5.75 Å². The number of methoxy groups -OCH3 is 1. The Hall–Kier alpha value is -3.36. The molecule has 1 heterocycles. The molecule has 158 valence electrons. The average molecular weight is 482 g/mol. The van der Waals surface area contributed by atoms with Crippen molar-refractivity contribution in [3.05, 3.63) is 88.4 Å². The largest absolute Gasteiger partial charge is 0.497 e. The van der Waals surface area contributed by atoms with Crippen LogP contribution in [0.2, 0.25) is 0 Å². The summed E-state index contributed by atoms with van der Waals surface area (Å²) >= 11 is 3.39. The maximum atomic E-state index is 13.4. The van der Waals surface area contributed by atoms with E-state index in [2.05, 4.69) is 26.6 Å². The fourth-order valence-electron chi connectivity index (χ4n) is 3.51. The van der Waals surface area contributed by atoms with Gasteiger partial charge in [0.25, 0.3) is 11.6 Å². The number of nitrogens with one attached hydrogen (secondary N) is 2. The molecule has 0 radical (unpaired) electrons. The third kappa shape index (κ3) is 3.87. The van der Waals surface area contributed by atoms with Crippen molar-refractivity contribution in [1.29, 1.82) is 0 Å². The number of anilines is 2. The summed E-state index contributed by atoms with van der Waals surface area (Å²) in [5.74, 6) is -0.0203. The number of ether oxygens (including phenoxy) is 1. The zero-order chi connectivity index (χ0) is 22.0. The third-order valence-corrected chi connectivity index (χ3v) is 5.56. The van der Waals surface area contributed by atoms with E-state index in [1.54, 1.807) is 67.8 Å². The van der Waals surface area contributed by atoms with Gasteiger partial charge in [0.05, 0.1) is 12.8 Å². The Bertz CT molecular complexity index is 1120. The van der Waals surface area contributed by atoms with Crippen molar-refractivity contribution < 1.29 is 19.4 Å². The second kappa shape index (κ2) is 8.41. The van der Waals surface area contributed by atoms with E-state index in [0.29, 0.717) is 21.6 Å². The first-order valence-electron chi connectivity index (χ1n) is 9.53. The van der Waals surface area contributed by atoms with E-state index < -0.39 is 17.7 Å². The van der Waals surface area contributed by atoms with Gasteiger partial charge in [-0.1, -0.05) is 46.3 Å². The zero-order valence-electron chi connectivity index (χ0n) is 16.6. The molecule has 7 nitrogen and oxygen atoms in total. The minimum absolute atomic E-state index is 0.165. The van der Waals surface area contributed by atoms with Crippen LogP contribution in [0.5, 0.6) is 5.75 Å². The first kappa shape index (κ1) is 20.9. The van der Waals surface area contributed by atoms with Crippen molar-refractivity contribution in [1.82, 2.24) is 5.32 Å². The summed E-state index contributed by atoms with van der Waals surface area (Å²) in [6.45, 7) is 0.165. The summed E-state index contributed by atoms with van der Waals surface area (Å²) < 4.78 is 5.81. The molecular formula is C23H20BrN3O4. The smallest absolute Gasteiger partial charge is 0.329 e. The minimum Gasteiger partial charge on any atom is -0.497 e. The van der Waals surface area contributed by atoms with Gasteiger partial charge in [-0.15, -0.1) is 0 Å². The number of benzene rings is 3. The molecule has 0 aromatic heterocycles. The van der Waals surface area contributed by atoms with E-state index in [-0.39, 0.29) is 12.1 Å². The van der Waals surface area contributed by atoms with E-state index in [1.807, 2.05) is 12.1 Å². The standard InChI is InChI=1S/C23H20BrN3O4/c1-31-18-10-7-15(8-11-18)14-25-21(28)23(30)19-13-16(24)9-12-20(19)26-22(29)27(23)17-5-3-2-4-6-17/h2-13,30H,14H2,1H3,(H,25,28)(H,26,29)/t23-/m1/s1. The highest BCUT2D eigenvalue weighted by Crippen LogP contribution is 2.40. The van der Waals surface area contributed by atoms with Crippen molar-refractivity contribution in [2.45, 2.75) is 12.3 Å². The highest BCUT2D eigenvalue weighted by molar-refractivity contribution is 9.10. The molecule has 3 aromatic carbocycles. The summed E-state index contributed by atoms with van der Waals surface area (Å²) in [5, 5.41) is 17.3. The number of halogens is 1. The summed E-state index contributed by atoms with van der Waals surface area (Å²) in [5.41, 5.74) is -0.429. The lowest BCUT2D eigenvalue weighted by atomic mass is 9.94. The Morgan fingerprint density at radius 2 is 1.84 bits per heavy atom. The van der Waals surface area contributed by atoms with E-state index >= 15 is 0 Å². The summed E-state index contributed by atoms with van der Waals surface area (Å²) in [4.78, 5) is 27.4. The van der Waals surface area contributed by atoms with Crippen molar-refractivity contribution in [3.63, 3.8) is 0 Å². The van der Waals surface area contributed by atoms with E-state index in [0.717, 1.165) is 10.5 Å². The highest BCUT2D eigenvalue weighted by atomic mass is 79.9. The number of carbonyl (C=O) groups excluding carboxylic acids is 2. The van der Waals surface area contributed by atoms with E-state index in [4.69, 9.17) is 4.74 Å². The van der Waals surface area contributed by atoms with Gasteiger partial charge in [-0.05, 0) is 48.0 Å². The molecule has 3 N–H and O–H groups in total. The number of nitrogens with zero attached hydrogens (tertiary/aromatic N) is 1. The molecule has 1 aliphatic rings. The fourth-order valence-corrected chi connectivity index (χ4v) is 3.87. The number of carbonyl (C=O) groups is 2. The van der Waals surface area contributed by atoms with Crippen LogP contribution in [0, 0.1) is 0 Å². The molecule has 0 aliphatic carbocycles. The molecule has 0 saturated carbocycles. The molecule has 31 heavy (non-hydrogen) atoms. The number of para-hydroxylation sites is 1. The Balaban J connectivity index is 1.73. The molecule has 1 aliphatic heterocycles. The Morgan fingerprint density at radius 1 is 1.13 bits per heavy atom. The van der Waals surface area contributed by atoms with Crippen LogP contribution in [0.25, 0.3) is 0 Å². The Labute approximate surface area is 187 Å². The number of hydrogen-bond donors (Lipinski definition) is 3. The van der Waals surface area contributed by atoms with Crippen LogP contribution in [0.3, 0.4) is 0 Å².